The number of nitrogens with zero attached hydrogens (tertiary/aromatic N) is 1. The lowest BCUT2D eigenvalue weighted by atomic mass is 9.82. The first kappa shape index (κ1) is 30.4. The summed E-state index contributed by atoms with van der Waals surface area (Å²) in [5.74, 6) is 0. The van der Waals surface area contributed by atoms with Crippen molar-refractivity contribution in [2.24, 2.45) is 0 Å². The third-order valence-corrected chi connectivity index (χ3v) is 11.9. The topological polar surface area (TPSA) is 42.7 Å². The minimum absolute atomic E-state index is 0.168. The van der Waals surface area contributed by atoms with Crippen molar-refractivity contribution in [2.45, 2.75) is 19.3 Å². The van der Waals surface area contributed by atoms with Gasteiger partial charge in [0.25, 0.3) is 0 Å². The number of para-hydroxylation sites is 2. The highest BCUT2D eigenvalue weighted by Gasteiger charge is 2.36. The van der Waals surface area contributed by atoms with Gasteiger partial charge in [-0.25, -0.2) is 0 Å². The number of rotatable bonds is 4. The predicted molar refractivity (Wildman–Crippen MR) is 226 cm³/mol. The van der Waals surface area contributed by atoms with Gasteiger partial charge in [0.05, 0.1) is 16.8 Å². The van der Waals surface area contributed by atoms with Crippen molar-refractivity contribution in [3.63, 3.8) is 0 Å². The molecule has 0 N–H and O–H groups in total. The molecule has 3 heterocycles. The average Bonchev–Trinajstić information content (AvgIpc) is 3.96. The second kappa shape index (κ2) is 11.0. The van der Waals surface area contributed by atoms with Crippen LogP contribution >= 0.6 is 0 Å². The van der Waals surface area contributed by atoms with Crippen molar-refractivity contribution in [1.82, 2.24) is 0 Å². The van der Waals surface area contributed by atoms with Crippen LogP contribution in [0.4, 0.5) is 17.1 Å². The highest BCUT2D eigenvalue weighted by atomic mass is 16.3. The molecule has 0 spiro atoms. The molecule has 0 saturated heterocycles. The van der Waals surface area contributed by atoms with Gasteiger partial charge in [-0.1, -0.05) is 123 Å². The molecule has 4 heteroatoms. The van der Waals surface area contributed by atoms with E-state index in [1.54, 1.807) is 0 Å². The van der Waals surface area contributed by atoms with Crippen molar-refractivity contribution in [1.29, 1.82) is 0 Å². The maximum Gasteiger partial charge on any atom is 0.159 e. The van der Waals surface area contributed by atoms with Crippen LogP contribution in [0.3, 0.4) is 0 Å². The van der Waals surface area contributed by atoms with Crippen LogP contribution in [0.2, 0.25) is 0 Å². The van der Waals surface area contributed by atoms with Crippen molar-refractivity contribution in [3.05, 3.63) is 175 Å². The first-order valence-electron chi connectivity index (χ1n) is 18.8. The number of fused-ring (bicyclic) bond motifs is 12. The molecule has 0 aliphatic heterocycles. The van der Waals surface area contributed by atoms with E-state index in [2.05, 4.69) is 164 Å². The van der Waals surface area contributed by atoms with Gasteiger partial charge >= 0.3 is 0 Å². The van der Waals surface area contributed by atoms with Crippen LogP contribution in [0.5, 0.6) is 0 Å². The molecule has 0 radical (unpaired) electrons. The molecule has 1 aliphatic carbocycles. The fourth-order valence-corrected chi connectivity index (χ4v) is 9.32. The Balaban J connectivity index is 1.14. The number of anilines is 3. The average molecular weight is 708 g/mol. The molecule has 260 valence electrons. The second-order valence-corrected chi connectivity index (χ2v) is 15.2. The zero-order chi connectivity index (χ0) is 36.4. The number of hydrogen-bond donors (Lipinski definition) is 0. The molecule has 11 aromatic rings. The lowest BCUT2D eigenvalue weighted by Gasteiger charge is -2.28. The summed E-state index contributed by atoms with van der Waals surface area (Å²) in [6.45, 7) is 4.66. The lowest BCUT2D eigenvalue weighted by Crippen LogP contribution is -2.16. The van der Waals surface area contributed by atoms with Gasteiger partial charge in [0, 0.05) is 38.0 Å². The summed E-state index contributed by atoms with van der Waals surface area (Å²) in [6, 6.07) is 57.9. The van der Waals surface area contributed by atoms with E-state index in [9.17, 15) is 0 Å². The van der Waals surface area contributed by atoms with Crippen LogP contribution in [0.25, 0.3) is 88.1 Å². The van der Waals surface area contributed by atoms with E-state index in [1.165, 1.54) is 22.3 Å². The van der Waals surface area contributed by atoms with Crippen LogP contribution < -0.4 is 4.90 Å². The maximum atomic E-state index is 6.78. The van der Waals surface area contributed by atoms with Crippen LogP contribution in [0, 0.1) is 0 Å². The Morgan fingerprint density at radius 1 is 0.400 bits per heavy atom. The van der Waals surface area contributed by atoms with Crippen molar-refractivity contribution in [2.75, 3.05) is 4.90 Å². The smallest absolute Gasteiger partial charge is 0.159 e. The lowest BCUT2D eigenvalue weighted by molar-refractivity contribution is 0.660. The minimum Gasteiger partial charge on any atom is -0.456 e. The van der Waals surface area contributed by atoms with Crippen LogP contribution in [0.15, 0.2) is 177 Å². The summed E-state index contributed by atoms with van der Waals surface area (Å²) in [7, 11) is 0. The quantitative estimate of drug-likeness (QED) is 0.183. The van der Waals surface area contributed by atoms with Crippen LogP contribution in [-0.2, 0) is 5.41 Å². The molecule has 8 aromatic carbocycles. The molecule has 0 unspecified atom stereocenters. The largest absolute Gasteiger partial charge is 0.456 e. The standard InChI is InChI=1S/C51H33NO3/c1-51(2)39-19-8-6-15-33(39)34-26-25-31(27-40(34)51)52(42-21-10-18-36-35-16-7-9-22-43(35)55-50(36)42)41-20-12-24-45-49(41)38-29-46-37(28-47(38)54-45)48-32(17-11-23-44(48)53-46)30-13-4-3-5-14-30/h3-29H,1-2H3. The monoisotopic (exact) mass is 707 g/mol. The third-order valence-electron chi connectivity index (χ3n) is 11.9. The van der Waals surface area contributed by atoms with E-state index >= 15 is 0 Å². The second-order valence-electron chi connectivity index (χ2n) is 15.2. The van der Waals surface area contributed by atoms with Gasteiger partial charge in [-0.05, 0) is 88.0 Å². The molecule has 0 fully saturated rings. The normalized spacial score (nSPS) is 13.4. The summed E-state index contributed by atoms with van der Waals surface area (Å²) in [5.41, 5.74) is 15.4. The van der Waals surface area contributed by atoms with Gasteiger partial charge < -0.3 is 18.2 Å². The Labute approximate surface area is 316 Å². The van der Waals surface area contributed by atoms with Gasteiger partial charge in [0.2, 0.25) is 0 Å². The van der Waals surface area contributed by atoms with Gasteiger partial charge in [-0.3, -0.25) is 0 Å². The highest BCUT2D eigenvalue weighted by Crippen LogP contribution is 2.53. The van der Waals surface area contributed by atoms with E-state index in [4.69, 9.17) is 13.3 Å². The fourth-order valence-electron chi connectivity index (χ4n) is 9.32. The molecule has 0 saturated carbocycles. The first-order chi connectivity index (χ1) is 27.0. The van der Waals surface area contributed by atoms with E-state index in [1.807, 2.05) is 18.2 Å². The molecule has 1 aliphatic rings. The Kier molecular flexibility index (Phi) is 6.09. The van der Waals surface area contributed by atoms with Gasteiger partial charge in [-0.15, -0.1) is 0 Å². The Hall–Kier alpha value is -7.04. The van der Waals surface area contributed by atoms with Crippen molar-refractivity contribution < 1.29 is 13.3 Å². The third kappa shape index (κ3) is 4.22. The number of hydrogen-bond acceptors (Lipinski definition) is 4. The summed E-state index contributed by atoms with van der Waals surface area (Å²) in [6.07, 6.45) is 0. The Morgan fingerprint density at radius 2 is 1.02 bits per heavy atom. The summed E-state index contributed by atoms with van der Waals surface area (Å²) in [4.78, 5) is 2.36. The fraction of sp³-hybridized carbons (Fsp3) is 0.0588. The van der Waals surface area contributed by atoms with Crippen LogP contribution in [0.1, 0.15) is 25.0 Å². The van der Waals surface area contributed by atoms with E-state index < -0.39 is 0 Å². The van der Waals surface area contributed by atoms with Gasteiger partial charge in [0.1, 0.15) is 27.9 Å². The maximum absolute atomic E-state index is 6.78. The predicted octanol–water partition coefficient (Wildman–Crippen LogP) is 14.8. The summed E-state index contributed by atoms with van der Waals surface area (Å²) >= 11 is 0. The SMILES string of the molecule is CC1(C)c2ccccc2-c2ccc(N(c3cccc4c3oc3ccccc34)c3cccc4oc5cc6c(cc5c34)oc3cccc(-c4ccccc4)c36)cc21. The zero-order valence-corrected chi connectivity index (χ0v) is 30.3. The summed E-state index contributed by atoms with van der Waals surface area (Å²) < 4.78 is 20.1. The molecule has 4 nitrogen and oxygen atoms in total. The van der Waals surface area contributed by atoms with Crippen LogP contribution in [-0.4, -0.2) is 0 Å². The molecular weight excluding hydrogens is 675 g/mol. The highest BCUT2D eigenvalue weighted by molar-refractivity contribution is 6.21. The van der Waals surface area contributed by atoms with Gasteiger partial charge in [-0.2, -0.15) is 0 Å². The molecule has 0 atom stereocenters. The van der Waals surface area contributed by atoms with E-state index in [0.717, 1.165) is 94.0 Å². The van der Waals surface area contributed by atoms with E-state index in [0.29, 0.717) is 0 Å². The summed E-state index contributed by atoms with van der Waals surface area (Å²) in [5, 5.41) is 6.31. The molecule has 0 bridgehead atoms. The van der Waals surface area contributed by atoms with E-state index in [-0.39, 0.29) is 5.41 Å². The Bertz CT molecular complexity index is 3360. The molecule has 12 rings (SSSR count). The van der Waals surface area contributed by atoms with Crippen molar-refractivity contribution >= 4 is 82.9 Å². The zero-order valence-electron chi connectivity index (χ0n) is 30.3. The molecular formula is C51H33NO3. The van der Waals surface area contributed by atoms with Crippen molar-refractivity contribution in [3.8, 4) is 22.3 Å². The first-order valence-corrected chi connectivity index (χ1v) is 18.8. The number of furan rings is 3. The van der Waals surface area contributed by atoms with Gasteiger partial charge in [0.15, 0.2) is 5.58 Å². The molecule has 55 heavy (non-hydrogen) atoms. The number of benzene rings is 8. The Morgan fingerprint density at radius 3 is 1.87 bits per heavy atom. The minimum atomic E-state index is -0.168. The molecule has 0 amide bonds. The molecule has 3 aromatic heterocycles.